The van der Waals surface area contributed by atoms with E-state index in [1.165, 1.54) is 99.6 Å². The second-order valence-electron chi connectivity index (χ2n) is 11.0. The minimum absolute atomic E-state index is 0.707. The van der Waals surface area contributed by atoms with Gasteiger partial charge in [0.1, 0.15) is 0 Å². The molecular formula is C32H52O2S3. The third-order valence-corrected chi connectivity index (χ3v) is 13.2. The molecule has 0 aliphatic carbocycles. The average Bonchev–Trinajstić information content (AvgIpc) is 3.51. The Kier molecular flexibility index (Phi) is 13.2. The highest BCUT2D eigenvalue weighted by atomic mass is 32.2. The summed E-state index contributed by atoms with van der Waals surface area (Å²) in [6.45, 7) is 8.90. The number of sulfone groups is 1. The lowest BCUT2D eigenvalue weighted by Crippen LogP contribution is -2.05. The van der Waals surface area contributed by atoms with Gasteiger partial charge in [0, 0.05) is 9.75 Å². The first-order chi connectivity index (χ1) is 18.0. The molecule has 0 spiro atoms. The third-order valence-electron chi connectivity index (χ3n) is 8.03. The van der Waals surface area contributed by atoms with Crippen LogP contribution in [0.5, 0.6) is 0 Å². The third kappa shape index (κ3) is 7.72. The van der Waals surface area contributed by atoms with E-state index < -0.39 is 9.84 Å². The minimum Gasteiger partial charge on any atom is -0.218 e. The molecule has 0 radical (unpaired) electrons. The lowest BCUT2D eigenvalue weighted by atomic mass is 10.0. The molecule has 2 aromatic heterocycles. The summed E-state index contributed by atoms with van der Waals surface area (Å²) in [4.78, 5) is 6.17. The van der Waals surface area contributed by atoms with Gasteiger partial charge in [0.25, 0.3) is 0 Å². The number of unbranched alkanes of at least 4 members (excludes halogenated alkanes) is 14. The Morgan fingerprint density at radius 3 is 1.14 bits per heavy atom. The van der Waals surface area contributed by atoms with E-state index in [-0.39, 0.29) is 0 Å². The van der Waals surface area contributed by atoms with Gasteiger partial charge in [-0.2, -0.15) is 0 Å². The molecule has 0 fully saturated rings. The Morgan fingerprint density at radius 2 is 0.811 bits per heavy atom. The monoisotopic (exact) mass is 564 g/mol. The van der Waals surface area contributed by atoms with Gasteiger partial charge in [-0.15, -0.1) is 22.7 Å². The zero-order valence-electron chi connectivity index (χ0n) is 24.2. The molecule has 0 saturated heterocycles. The Hall–Kier alpha value is -0.650. The van der Waals surface area contributed by atoms with E-state index in [0.717, 1.165) is 59.4 Å². The summed E-state index contributed by atoms with van der Waals surface area (Å²) in [6.07, 6.45) is 24.3. The van der Waals surface area contributed by atoms with Gasteiger partial charge in [-0.3, -0.25) is 0 Å². The minimum atomic E-state index is -3.40. The number of hydrogen-bond acceptors (Lipinski definition) is 4. The molecule has 0 aromatic carbocycles. The number of thiophene rings is 2. The number of rotatable bonds is 20. The highest BCUT2D eigenvalue weighted by Gasteiger charge is 2.42. The Bertz CT molecular complexity index is 980. The topological polar surface area (TPSA) is 34.1 Å². The second-order valence-corrected chi connectivity index (χ2v) is 15.0. The molecule has 1 aliphatic rings. The van der Waals surface area contributed by atoms with Crippen molar-refractivity contribution in [2.24, 2.45) is 0 Å². The van der Waals surface area contributed by atoms with Crippen LogP contribution in [0.1, 0.15) is 151 Å². The number of hydrogen-bond donors (Lipinski definition) is 0. The Balaban J connectivity index is 1.67. The molecule has 210 valence electrons. The summed E-state index contributed by atoms with van der Waals surface area (Å²) in [7, 11) is -3.40. The first-order valence-electron chi connectivity index (χ1n) is 15.6. The van der Waals surface area contributed by atoms with Crippen LogP contribution >= 0.6 is 22.7 Å². The van der Waals surface area contributed by atoms with Gasteiger partial charge in [-0.05, 0) is 49.7 Å². The SMILES string of the molecule is CCCCCCCCCCc1c(CC)sc2c1S(=O)(=O)c1c-2sc(CC)c1CCCCCCCCCC. The summed E-state index contributed by atoms with van der Waals surface area (Å²) >= 11 is 3.55. The molecule has 37 heavy (non-hydrogen) atoms. The van der Waals surface area contributed by atoms with Crippen molar-refractivity contribution in [1.82, 2.24) is 0 Å². The predicted octanol–water partition coefficient (Wildman–Crippen LogP) is 11.1. The fourth-order valence-electron chi connectivity index (χ4n) is 5.91. The average molecular weight is 565 g/mol. The largest absolute Gasteiger partial charge is 0.218 e. The second kappa shape index (κ2) is 15.8. The molecule has 0 atom stereocenters. The van der Waals surface area contributed by atoms with Crippen molar-refractivity contribution in [1.29, 1.82) is 0 Å². The van der Waals surface area contributed by atoms with Crippen molar-refractivity contribution >= 4 is 32.5 Å². The lowest BCUT2D eigenvalue weighted by Gasteiger charge is -2.09. The summed E-state index contributed by atoms with van der Waals surface area (Å²) < 4.78 is 28.1. The quantitative estimate of drug-likeness (QED) is 0.128. The van der Waals surface area contributed by atoms with Crippen LogP contribution in [-0.4, -0.2) is 8.42 Å². The van der Waals surface area contributed by atoms with Crippen molar-refractivity contribution < 1.29 is 8.42 Å². The molecule has 0 amide bonds. The molecule has 2 nitrogen and oxygen atoms in total. The lowest BCUT2D eigenvalue weighted by molar-refractivity contribution is 0.571. The molecule has 0 unspecified atom stereocenters. The van der Waals surface area contributed by atoms with E-state index >= 15 is 0 Å². The van der Waals surface area contributed by atoms with Gasteiger partial charge in [-0.25, -0.2) is 8.42 Å². The van der Waals surface area contributed by atoms with Crippen molar-refractivity contribution in [3.05, 3.63) is 20.9 Å². The molecule has 3 rings (SSSR count). The van der Waals surface area contributed by atoms with Gasteiger partial charge in [-0.1, -0.05) is 118 Å². The van der Waals surface area contributed by atoms with E-state index in [4.69, 9.17) is 0 Å². The van der Waals surface area contributed by atoms with Gasteiger partial charge in [0.15, 0.2) is 0 Å². The normalized spacial score (nSPS) is 13.8. The van der Waals surface area contributed by atoms with Crippen LogP contribution in [0, 0.1) is 0 Å². The van der Waals surface area contributed by atoms with E-state index in [1.54, 1.807) is 22.7 Å². The zero-order valence-corrected chi connectivity index (χ0v) is 26.6. The summed E-state index contributed by atoms with van der Waals surface area (Å²) in [6, 6.07) is 0. The molecule has 2 aromatic rings. The van der Waals surface area contributed by atoms with Crippen LogP contribution in [0.2, 0.25) is 0 Å². The Labute approximate surface area is 236 Å². The van der Waals surface area contributed by atoms with Crippen LogP contribution in [-0.2, 0) is 35.5 Å². The molecule has 0 N–H and O–H groups in total. The molecule has 0 saturated carbocycles. The van der Waals surface area contributed by atoms with Crippen molar-refractivity contribution in [2.45, 2.75) is 166 Å². The van der Waals surface area contributed by atoms with Crippen LogP contribution in [0.25, 0.3) is 9.75 Å². The van der Waals surface area contributed by atoms with Crippen molar-refractivity contribution in [3.8, 4) is 9.75 Å². The molecule has 3 heterocycles. The standard InChI is InChI=1S/C32H52O2S3/c1-5-9-11-13-15-17-19-21-23-25-27(7-3)35-29-30-32(37(33,34)31(25)29)26(28(8-4)36-30)24-22-20-18-16-14-12-10-6-2/h5-24H2,1-4H3. The first-order valence-corrected chi connectivity index (χ1v) is 18.7. The van der Waals surface area contributed by atoms with E-state index in [1.807, 2.05) is 0 Å². The highest BCUT2D eigenvalue weighted by Crippen LogP contribution is 2.56. The smallest absolute Gasteiger partial charge is 0.210 e. The van der Waals surface area contributed by atoms with Crippen LogP contribution in [0.15, 0.2) is 9.79 Å². The van der Waals surface area contributed by atoms with Crippen LogP contribution < -0.4 is 0 Å². The maximum atomic E-state index is 14.1. The maximum absolute atomic E-state index is 14.1. The van der Waals surface area contributed by atoms with Gasteiger partial charge in [0.2, 0.25) is 9.84 Å². The maximum Gasteiger partial charge on any atom is 0.210 e. The highest BCUT2D eigenvalue weighted by molar-refractivity contribution is 7.92. The van der Waals surface area contributed by atoms with Gasteiger partial charge >= 0.3 is 0 Å². The Morgan fingerprint density at radius 1 is 0.486 bits per heavy atom. The molecule has 0 bridgehead atoms. The predicted molar refractivity (Wildman–Crippen MR) is 164 cm³/mol. The number of aryl methyl sites for hydroxylation is 2. The van der Waals surface area contributed by atoms with E-state index in [9.17, 15) is 8.42 Å². The molecule has 5 heteroatoms. The van der Waals surface area contributed by atoms with Gasteiger partial charge < -0.3 is 0 Å². The van der Waals surface area contributed by atoms with Gasteiger partial charge in [0.05, 0.1) is 19.5 Å². The van der Waals surface area contributed by atoms with Crippen molar-refractivity contribution in [2.75, 3.05) is 0 Å². The molecular weight excluding hydrogens is 513 g/mol. The van der Waals surface area contributed by atoms with E-state index in [0.29, 0.717) is 9.79 Å². The van der Waals surface area contributed by atoms with Crippen molar-refractivity contribution in [3.63, 3.8) is 0 Å². The van der Waals surface area contributed by atoms with Crippen LogP contribution in [0.4, 0.5) is 0 Å². The number of fused-ring (bicyclic) bond motifs is 3. The summed E-state index contributed by atoms with van der Waals surface area (Å²) in [5.74, 6) is 0. The summed E-state index contributed by atoms with van der Waals surface area (Å²) in [5.41, 5.74) is 2.32. The fraction of sp³-hybridized carbons (Fsp3) is 0.750. The fourth-order valence-corrected chi connectivity index (χ4v) is 11.6. The van der Waals surface area contributed by atoms with E-state index in [2.05, 4.69) is 27.7 Å². The zero-order chi connectivity index (χ0) is 26.7. The van der Waals surface area contributed by atoms with Crippen LogP contribution in [0.3, 0.4) is 0 Å². The first kappa shape index (κ1) is 30.9. The molecule has 1 aliphatic heterocycles. The summed E-state index contributed by atoms with van der Waals surface area (Å²) in [5, 5.41) is 0.